The van der Waals surface area contributed by atoms with Crippen molar-refractivity contribution in [1.29, 1.82) is 0 Å². The van der Waals surface area contributed by atoms with Crippen molar-refractivity contribution in [3.8, 4) is 0 Å². The van der Waals surface area contributed by atoms with Gasteiger partial charge < -0.3 is 21.3 Å². The van der Waals surface area contributed by atoms with Gasteiger partial charge in [-0.3, -0.25) is 9.59 Å². The molecule has 8 nitrogen and oxygen atoms in total. The maximum atomic E-state index is 13.1. The number of likely N-dealkylation sites (tertiary alicyclic amines) is 1. The van der Waals surface area contributed by atoms with Crippen LogP contribution in [0, 0.1) is 5.92 Å². The lowest BCUT2D eigenvalue weighted by Gasteiger charge is -2.25. The van der Waals surface area contributed by atoms with Gasteiger partial charge in [-0.1, -0.05) is 0 Å². The molecule has 0 unspecified atom stereocenters. The minimum Gasteiger partial charge on any atom is -0.358 e. The number of nitrogens with zero attached hydrogens (tertiary/aromatic N) is 3. The highest BCUT2D eigenvalue weighted by molar-refractivity contribution is 5.93. The lowest BCUT2D eigenvalue weighted by Crippen LogP contribution is -2.41. The summed E-state index contributed by atoms with van der Waals surface area (Å²) in [5.74, 6) is -0.0148. The molecule has 33 heavy (non-hydrogen) atoms. The predicted octanol–water partition coefficient (Wildman–Crippen LogP) is 2.30. The van der Waals surface area contributed by atoms with Crippen LogP contribution in [0.25, 0.3) is 10.9 Å². The van der Waals surface area contributed by atoms with Crippen molar-refractivity contribution in [2.24, 2.45) is 11.7 Å². The van der Waals surface area contributed by atoms with Crippen LogP contribution < -0.4 is 16.4 Å². The van der Waals surface area contributed by atoms with Crippen LogP contribution in [0.15, 0.2) is 24.5 Å². The monoisotopic (exact) mass is 464 g/mol. The van der Waals surface area contributed by atoms with Crippen LogP contribution >= 0.6 is 0 Å². The molecule has 1 aromatic heterocycles. The van der Waals surface area contributed by atoms with Gasteiger partial charge in [0.1, 0.15) is 18.2 Å². The molecule has 2 aliphatic rings. The number of amides is 2. The fourth-order valence-electron chi connectivity index (χ4n) is 4.45. The number of aromatic nitrogens is 2. The van der Waals surface area contributed by atoms with E-state index in [1.807, 2.05) is 0 Å². The van der Waals surface area contributed by atoms with E-state index in [1.165, 1.54) is 12.4 Å². The van der Waals surface area contributed by atoms with Crippen molar-refractivity contribution in [2.75, 3.05) is 25.0 Å². The van der Waals surface area contributed by atoms with Crippen molar-refractivity contribution in [1.82, 2.24) is 20.2 Å². The largest absolute Gasteiger partial charge is 0.416 e. The first-order valence-electron chi connectivity index (χ1n) is 11.1. The lowest BCUT2D eigenvalue weighted by molar-refractivity contribution is -0.137. The zero-order valence-corrected chi connectivity index (χ0v) is 18.1. The van der Waals surface area contributed by atoms with Gasteiger partial charge in [-0.05, 0) is 50.3 Å². The molecule has 0 bridgehead atoms. The highest BCUT2D eigenvalue weighted by Gasteiger charge is 2.33. The summed E-state index contributed by atoms with van der Waals surface area (Å²) in [6, 6.07) is 2.82. The van der Waals surface area contributed by atoms with Crippen LogP contribution in [-0.2, 0) is 15.8 Å². The van der Waals surface area contributed by atoms with E-state index in [4.69, 9.17) is 5.73 Å². The maximum absolute atomic E-state index is 13.1. The molecule has 0 spiro atoms. The normalized spacial score (nSPS) is 23.7. The molecule has 11 heteroatoms. The molecule has 2 fully saturated rings. The molecular weight excluding hydrogens is 437 g/mol. The van der Waals surface area contributed by atoms with E-state index in [1.54, 1.807) is 4.90 Å². The van der Waals surface area contributed by atoms with E-state index in [-0.39, 0.29) is 35.0 Å². The van der Waals surface area contributed by atoms with Crippen LogP contribution in [-0.4, -0.2) is 58.4 Å². The molecule has 1 aliphatic heterocycles. The number of rotatable bonds is 6. The Kier molecular flexibility index (Phi) is 6.68. The van der Waals surface area contributed by atoms with E-state index in [0.717, 1.165) is 37.8 Å². The van der Waals surface area contributed by atoms with Crippen molar-refractivity contribution >= 4 is 28.5 Å². The van der Waals surface area contributed by atoms with Gasteiger partial charge in [-0.2, -0.15) is 13.2 Å². The number of nitrogens with one attached hydrogen (secondary N) is 2. The van der Waals surface area contributed by atoms with Gasteiger partial charge in [0, 0.05) is 37.0 Å². The summed E-state index contributed by atoms with van der Waals surface area (Å²) in [7, 11) is 0. The molecular formula is C22H27F3N6O2. The summed E-state index contributed by atoms with van der Waals surface area (Å²) in [6.45, 7) is 1.21. The van der Waals surface area contributed by atoms with Crippen molar-refractivity contribution < 1.29 is 22.8 Å². The summed E-state index contributed by atoms with van der Waals surface area (Å²) < 4.78 is 39.4. The number of anilines is 1. The highest BCUT2D eigenvalue weighted by atomic mass is 19.4. The van der Waals surface area contributed by atoms with Gasteiger partial charge in [0.15, 0.2) is 0 Å². The molecule has 4 N–H and O–H groups in total. The van der Waals surface area contributed by atoms with Gasteiger partial charge in [-0.25, -0.2) is 9.97 Å². The summed E-state index contributed by atoms with van der Waals surface area (Å²) in [6.07, 6.45) is 0.502. The van der Waals surface area contributed by atoms with Gasteiger partial charge in [0.05, 0.1) is 11.1 Å². The third-order valence-corrected chi connectivity index (χ3v) is 6.39. The molecule has 1 aliphatic carbocycles. The molecule has 1 atom stereocenters. The molecule has 178 valence electrons. The second-order valence-electron chi connectivity index (χ2n) is 8.67. The van der Waals surface area contributed by atoms with E-state index < -0.39 is 17.8 Å². The maximum Gasteiger partial charge on any atom is 0.416 e. The summed E-state index contributed by atoms with van der Waals surface area (Å²) in [5, 5.41) is 6.10. The van der Waals surface area contributed by atoms with Crippen LogP contribution in [0.3, 0.4) is 0 Å². The van der Waals surface area contributed by atoms with Crippen molar-refractivity contribution in [2.45, 2.75) is 50.4 Å². The van der Waals surface area contributed by atoms with Gasteiger partial charge in [0.2, 0.25) is 11.8 Å². The average Bonchev–Trinajstić information content (AvgIpc) is 3.12. The molecule has 1 saturated heterocycles. The smallest absolute Gasteiger partial charge is 0.358 e. The van der Waals surface area contributed by atoms with E-state index in [0.29, 0.717) is 31.6 Å². The number of halogens is 3. The Labute approximate surface area is 189 Å². The van der Waals surface area contributed by atoms with Crippen molar-refractivity contribution in [3.63, 3.8) is 0 Å². The molecule has 1 aromatic carbocycles. The quantitative estimate of drug-likeness (QED) is 0.605. The Morgan fingerprint density at radius 1 is 1.15 bits per heavy atom. The number of carbonyl (C=O) groups excluding carboxylic acids is 2. The number of fused-ring (bicyclic) bond motifs is 1. The molecule has 4 rings (SSSR count). The second kappa shape index (κ2) is 9.50. The number of nitrogens with two attached hydrogens (primary N) is 1. The molecule has 1 saturated carbocycles. The number of hydrogen-bond donors (Lipinski definition) is 3. The lowest BCUT2D eigenvalue weighted by atomic mass is 9.86. The van der Waals surface area contributed by atoms with E-state index in [2.05, 4.69) is 20.6 Å². The van der Waals surface area contributed by atoms with E-state index in [9.17, 15) is 22.8 Å². The van der Waals surface area contributed by atoms with Crippen LogP contribution in [0.2, 0.25) is 0 Å². The van der Waals surface area contributed by atoms with Crippen LogP contribution in [0.4, 0.5) is 19.0 Å². The number of alkyl halides is 3. The zero-order chi connectivity index (χ0) is 23.6. The standard InChI is InChI=1S/C22H27F3N6O2/c23-22(24,25)14-3-6-17-16(11-14)19(29-12-28-17)30-18-7-9-31(21(18)33)10-8-27-20(32)13-1-4-15(26)5-2-13/h3,6,11-13,15,18H,1-2,4-5,7-10,26H2,(H,27,32)(H,28,29,30)/t13?,15?,18-/m0/s1. The topological polar surface area (TPSA) is 113 Å². The summed E-state index contributed by atoms with van der Waals surface area (Å²) in [5.41, 5.74) is 5.43. The van der Waals surface area contributed by atoms with Gasteiger partial charge in [-0.15, -0.1) is 0 Å². The van der Waals surface area contributed by atoms with Crippen molar-refractivity contribution in [3.05, 3.63) is 30.1 Å². The Morgan fingerprint density at radius 2 is 1.91 bits per heavy atom. The minimum absolute atomic E-state index is 0.00357. The Bertz CT molecular complexity index is 1020. The fraction of sp³-hybridized carbons (Fsp3) is 0.545. The first-order chi connectivity index (χ1) is 15.7. The van der Waals surface area contributed by atoms with Crippen LogP contribution in [0.5, 0.6) is 0 Å². The molecule has 2 heterocycles. The zero-order valence-electron chi connectivity index (χ0n) is 18.1. The van der Waals surface area contributed by atoms with Crippen LogP contribution in [0.1, 0.15) is 37.7 Å². The highest BCUT2D eigenvalue weighted by Crippen LogP contribution is 2.33. The summed E-state index contributed by atoms with van der Waals surface area (Å²) in [4.78, 5) is 34.8. The average molecular weight is 464 g/mol. The molecule has 2 aromatic rings. The Balaban J connectivity index is 1.34. The summed E-state index contributed by atoms with van der Waals surface area (Å²) >= 11 is 0. The van der Waals surface area contributed by atoms with Gasteiger partial charge >= 0.3 is 6.18 Å². The molecule has 2 amide bonds. The number of benzene rings is 1. The number of carbonyl (C=O) groups is 2. The first kappa shape index (κ1) is 23.2. The SMILES string of the molecule is NC1CCC(C(=O)NCCN2CC[C@H](Nc3ncnc4ccc(C(F)(F)F)cc34)C2=O)CC1. The van der Waals surface area contributed by atoms with Gasteiger partial charge in [0.25, 0.3) is 0 Å². The fourth-order valence-corrected chi connectivity index (χ4v) is 4.45. The first-order valence-corrected chi connectivity index (χ1v) is 11.1. The Morgan fingerprint density at radius 3 is 2.64 bits per heavy atom. The molecule has 0 radical (unpaired) electrons. The third-order valence-electron chi connectivity index (χ3n) is 6.39. The predicted molar refractivity (Wildman–Crippen MR) is 116 cm³/mol. The third kappa shape index (κ3) is 5.35. The second-order valence-corrected chi connectivity index (χ2v) is 8.67. The Hall–Kier alpha value is -2.95. The van der Waals surface area contributed by atoms with E-state index >= 15 is 0 Å². The number of hydrogen-bond acceptors (Lipinski definition) is 6. The minimum atomic E-state index is -4.49.